The zero-order chi connectivity index (χ0) is 14.3. The van der Waals surface area contributed by atoms with E-state index in [9.17, 15) is 20.0 Å². The highest BCUT2D eigenvalue weighted by Gasteiger charge is 2.36. The predicted molar refractivity (Wildman–Crippen MR) is 68.6 cm³/mol. The first-order valence-electron chi connectivity index (χ1n) is 6.46. The quantitative estimate of drug-likeness (QED) is 0.650. The van der Waals surface area contributed by atoms with Crippen LogP contribution in [0.5, 0.6) is 5.75 Å². The minimum Gasteiger partial charge on any atom is -0.502 e. The molecule has 2 aliphatic heterocycles. The van der Waals surface area contributed by atoms with Gasteiger partial charge < -0.3 is 14.7 Å². The maximum Gasteiger partial charge on any atom is 0.310 e. The average Bonchev–Trinajstić information content (AvgIpc) is 2.76. The molecule has 2 saturated heterocycles. The van der Waals surface area contributed by atoms with Crippen LogP contribution in [0.3, 0.4) is 0 Å². The Morgan fingerprint density at radius 2 is 2.00 bits per heavy atom. The molecule has 0 aliphatic carbocycles. The maximum atomic E-state index is 12.3. The van der Waals surface area contributed by atoms with Crippen molar-refractivity contribution in [2.24, 2.45) is 0 Å². The van der Waals surface area contributed by atoms with E-state index in [4.69, 9.17) is 4.74 Å². The smallest absolute Gasteiger partial charge is 0.310 e. The number of nitro groups is 1. The van der Waals surface area contributed by atoms with Crippen molar-refractivity contribution in [1.29, 1.82) is 0 Å². The van der Waals surface area contributed by atoms with Gasteiger partial charge in [0.15, 0.2) is 5.75 Å². The van der Waals surface area contributed by atoms with Gasteiger partial charge in [-0.1, -0.05) is 0 Å². The lowest BCUT2D eigenvalue weighted by Crippen LogP contribution is -2.45. The highest BCUT2D eigenvalue weighted by atomic mass is 16.6. The molecule has 3 rings (SSSR count). The second-order valence-electron chi connectivity index (χ2n) is 5.13. The number of aromatic hydroxyl groups is 1. The van der Waals surface area contributed by atoms with Gasteiger partial charge in [-0.3, -0.25) is 14.9 Å². The summed E-state index contributed by atoms with van der Waals surface area (Å²) in [6.45, 7) is 1.07. The van der Waals surface area contributed by atoms with E-state index >= 15 is 0 Å². The van der Waals surface area contributed by atoms with Gasteiger partial charge in [-0.25, -0.2) is 0 Å². The summed E-state index contributed by atoms with van der Waals surface area (Å²) in [6, 6.07) is 3.67. The highest BCUT2D eigenvalue weighted by molar-refractivity contribution is 5.95. The third-order valence-electron chi connectivity index (χ3n) is 3.75. The summed E-state index contributed by atoms with van der Waals surface area (Å²) in [6.07, 6.45) is 2.09. The van der Waals surface area contributed by atoms with Crippen molar-refractivity contribution in [2.45, 2.75) is 25.0 Å². The zero-order valence-electron chi connectivity index (χ0n) is 10.7. The van der Waals surface area contributed by atoms with Crippen LogP contribution in [0.1, 0.15) is 23.2 Å². The van der Waals surface area contributed by atoms with Gasteiger partial charge in [-0.15, -0.1) is 0 Å². The van der Waals surface area contributed by atoms with Crippen LogP contribution in [-0.4, -0.2) is 46.1 Å². The first kappa shape index (κ1) is 12.9. The number of morpholine rings is 1. The molecule has 2 bridgehead atoms. The van der Waals surface area contributed by atoms with Crippen LogP contribution in [0, 0.1) is 10.1 Å². The topological polar surface area (TPSA) is 92.9 Å². The molecular formula is C13H14N2O5. The van der Waals surface area contributed by atoms with Crippen LogP contribution < -0.4 is 0 Å². The number of hydrogen-bond acceptors (Lipinski definition) is 5. The molecule has 0 aromatic heterocycles. The molecule has 7 nitrogen and oxygen atoms in total. The molecule has 1 N–H and O–H groups in total. The Labute approximate surface area is 114 Å². The van der Waals surface area contributed by atoms with Crippen LogP contribution >= 0.6 is 0 Å². The van der Waals surface area contributed by atoms with Crippen LogP contribution in [0.4, 0.5) is 5.69 Å². The number of carbonyl (C=O) groups excluding carboxylic acids is 1. The van der Waals surface area contributed by atoms with E-state index < -0.39 is 16.4 Å². The lowest BCUT2D eigenvalue weighted by atomic mass is 10.1. The number of likely N-dealkylation sites (tertiary alicyclic amines) is 1. The zero-order valence-corrected chi connectivity index (χ0v) is 10.7. The predicted octanol–water partition coefficient (Wildman–Crippen LogP) is 1.30. The first-order valence-corrected chi connectivity index (χ1v) is 6.46. The third kappa shape index (κ3) is 2.20. The number of nitro benzene ring substituents is 1. The van der Waals surface area contributed by atoms with Crippen molar-refractivity contribution in [1.82, 2.24) is 4.90 Å². The summed E-state index contributed by atoms with van der Waals surface area (Å²) in [5.74, 6) is -0.715. The SMILES string of the molecule is O=C(c1ccc([N+](=O)[O-])c(O)c1)N1CC2CCC(C1)O2. The summed E-state index contributed by atoms with van der Waals surface area (Å²) in [5.41, 5.74) is -0.141. The number of phenols is 1. The molecule has 106 valence electrons. The summed E-state index contributed by atoms with van der Waals surface area (Å²) in [7, 11) is 0. The number of fused-ring (bicyclic) bond motifs is 2. The molecule has 2 aliphatic rings. The van der Waals surface area contributed by atoms with E-state index in [1.165, 1.54) is 6.07 Å². The second kappa shape index (κ2) is 4.75. The van der Waals surface area contributed by atoms with Crippen molar-refractivity contribution >= 4 is 11.6 Å². The van der Waals surface area contributed by atoms with Crippen LogP contribution in [-0.2, 0) is 4.74 Å². The largest absolute Gasteiger partial charge is 0.502 e. The Bertz CT molecular complexity index is 562. The number of nitrogens with zero attached hydrogens (tertiary/aromatic N) is 2. The lowest BCUT2D eigenvalue weighted by Gasteiger charge is -2.32. The van der Waals surface area contributed by atoms with E-state index in [-0.39, 0.29) is 23.7 Å². The van der Waals surface area contributed by atoms with E-state index in [0.717, 1.165) is 25.0 Å². The third-order valence-corrected chi connectivity index (χ3v) is 3.75. The van der Waals surface area contributed by atoms with Crippen LogP contribution in [0.2, 0.25) is 0 Å². The monoisotopic (exact) mass is 278 g/mol. The van der Waals surface area contributed by atoms with Gasteiger partial charge in [0.25, 0.3) is 5.91 Å². The average molecular weight is 278 g/mol. The van der Waals surface area contributed by atoms with E-state index in [0.29, 0.717) is 13.1 Å². The summed E-state index contributed by atoms with van der Waals surface area (Å²) >= 11 is 0. The molecule has 2 heterocycles. The molecule has 1 aromatic rings. The molecule has 2 fully saturated rings. The fraction of sp³-hybridized carbons (Fsp3) is 0.462. The minimum atomic E-state index is -0.682. The fourth-order valence-corrected chi connectivity index (χ4v) is 2.77. The Morgan fingerprint density at radius 1 is 1.35 bits per heavy atom. The van der Waals surface area contributed by atoms with Gasteiger partial charge in [0.1, 0.15) is 0 Å². The van der Waals surface area contributed by atoms with Gasteiger partial charge in [0, 0.05) is 24.7 Å². The number of phenolic OH excluding ortho intramolecular Hbond substituents is 1. The van der Waals surface area contributed by atoms with Gasteiger partial charge in [0.2, 0.25) is 0 Å². The van der Waals surface area contributed by atoms with Crippen molar-refractivity contribution in [3.05, 3.63) is 33.9 Å². The van der Waals surface area contributed by atoms with Crippen LogP contribution in [0.25, 0.3) is 0 Å². The number of carbonyl (C=O) groups is 1. The standard InChI is InChI=1S/C13H14N2O5/c16-12-5-8(1-4-11(12)15(18)19)13(17)14-6-9-2-3-10(7-14)20-9/h1,4-5,9-10,16H,2-3,6-7H2. The van der Waals surface area contributed by atoms with Crippen molar-refractivity contribution in [3.8, 4) is 5.75 Å². The summed E-state index contributed by atoms with van der Waals surface area (Å²) in [5, 5.41) is 20.2. The lowest BCUT2D eigenvalue weighted by molar-refractivity contribution is -0.385. The van der Waals surface area contributed by atoms with Crippen LogP contribution in [0.15, 0.2) is 18.2 Å². The Balaban J connectivity index is 1.80. The van der Waals surface area contributed by atoms with Gasteiger partial charge in [-0.05, 0) is 25.0 Å². The highest BCUT2D eigenvalue weighted by Crippen LogP contribution is 2.29. The first-order chi connectivity index (χ1) is 9.54. The van der Waals surface area contributed by atoms with E-state index in [1.807, 2.05) is 0 Å². The maximum absolute atomic E-state index is 12.3. The van der Waals surface area contributed by atoms with E-state index in [2.05, 4.69) is 0 Å². The number of benzene rings is 1. The van der Waals surface area contributed by atoms with Gasteiger partial charge in [-0.2, -0.15) is 0 Å². The number of amides is 1. The number of hydrogen-bond donors (Lipinski definition) is 1. The van der Waals surface area contributed by atoms with Gasteiger partial charge >= 0.3 is 5.69 Å². The second-order valence-corrected chi connectivity index (χ2v) is 5.13. The molecule has 0 spiro atoms. The Hall–Kier alpha value is -2.15. The summed E-state index contributed by atoms with van der Waals surface area (Å²) in [4.78, 5) is 24.0. The molecule has 1 amide bonds. The minimum absolute atomic E-state index is 0.0874. The molecular weight excluding hydrogens is 264 g/mol. The molecule has 7 heteroatoms. The Kier molecular flexibility index (Phi) is 3.06. The molecule has 2 unspecified atom stereocenters. The molecule has 20 heavy (non-hydrogen) atoms. The number of rotatable bonds is 2. The molecule has 1 aromatic carbocycles. The molecule has 0 saturated carbocycles. The molecule has 2 atom stereocenters. The summed E-state index contributed by atoms with van der Waals surface area (Å²) < 4.78 is 5.66. The van der Waals surface area contributed by atoms with Crippen molar-refractivity contribution in [3.63, 3.8) is 0 Å². The Morgan fingerprint density at radius 3 is 2.55 bits per heavy atom. The van der Waals surface area contributed by atoms with Gasteiger partial charge in [0.05, 0.1) is 17.1 Å². The van der Waals surface area contributed by atoms with Crippen molar-refractivity contribution in [2.75, 3.05) is 13.1 Å². The normalized spacial score (nSPS) is 24.7. The van der Waals surface area contributed by atoms with Crippen molar-refractivity contribution < 1.29 is 19.6 Å². The van der Waals surface area contributed by atoms with E-state index in [1.54, 1.807) is 4.90 Å². The molecule has 0 radical (unpaired) electrons. The number of ether oxygens (including phenoxy) is 1. The fourth-order valence-electron chi connectivity index (χ4n) is 2.77.